The number of benzene rings is 1. The first-order valence-electron chi connectivity index (χ1n) is 10.4. The van der Waals surface area contributed by atoms with Gasteiger partial charge in [-0.3, -0.25) is 0 Å². The molecule has 0 N–H and O–H groups in total. The molecule has 2 nitrogen and oxygen atoms in total. The Morgan fingerprint density at radius 3 is 2.57 bits per heavy atom. The maximum absolute atomic E-state index is 14.7. The molecule has 0 unspecified atom stereocenters. The van der Waals surface area contributed by atoms with E-state index in [-0.39, 0.29) is 40.7 Å². The van der Waals surface area contributed by atoms with Gasteiger partial charge in [0.1, 0.15) is 0 Å². The van der Waals surface area contributed by atoms with E-state index < -0.39 is 17.5 Å². The summed E-state index contributed by atoms with van der Waals surface area (Å²) in [6, 6.07) is 1.47. The molecule has 1 aromatic rings. The normalized spacial score (nSPS) is 22.4. The second kappa shape index (κ2) is 9.47. The van der Waals surface area contributed by atoms with Crippen LogP contribution in [0.4, 0.5) is 13.2 Å². The third-order valence-electron chi connectivity index (χ3n) is 5.81. The van der Waals surface area contributed by atoms with Crippen molar-refractivity contribution in [3.05, 3.63) is 64.9 Å². The van der Waals surface area contributed by atoms with Crippen LogP contribution < -0.4 is 4.74 Å². The smallest absolute Gasteiger partial charge is 0.207 e. The number of methoxy groups -OCH3 is 1. The highest BCUT2D eigenvalue weighted by Gasteiger charge is 2.29. The van der Waals surface area contributed by atoms with Gasteiger partial charge in [-0.1, -0.05) is 44.8 Å². The van der Waals surface area contributed by atoms with Crippen molar-refractivity contribution < 1.29 is 22.6 Å². The van der Waals surface area contributed by atoms with E-state index in [2.05, 4.69) is 31.9 Å². The summed E-state index contributed by atoms with van der Waals surface area (Å²) in [4.78, 5) is 0. The minimum absolute atomic E-state index is 0.00691. The van der Waals surface area contributed by atoms with E-state index in [0.717, 1.165) is 31.6 Å². The molecule has 0 bridgehead atoms. The molecule has 0 spiro atoms. The maximum atomic E-state index is 14.7. The van der Waals surface area contributed by atoms with Crippen LogP contribution in [0.2, 0.25) is 0 Å². The Labute approximate surface area is 176 Å². The minimum Gasteiger partial charge on any atom is -0.494 e. The van der Waals surface area contributed by atoms with Crippen molar-refractivity contribution in [3.8, 4) is 17.6 Å². The Hall–Kier alpha value is -2.61. The van der Waals surface area contributed by atoms with Crippen LogP contribution in [0.1, 0.15) is 56.6 Å². The fraction of sp³-hybridized carbons (Fsp3) is 0.440. The van der Waals surface area contributed by atoms with Crippen molar-refractivity contribution in [2.24, 2.45) is 11.8 Å². The SMILES string of the molecule is C=C(OC)/C(F)=C1/Oc2c(cc(C#CC3CCC(CCC)CC3)c(F)c2F)CC1=C. The molecule has 1 fully saturated rings. The van der Waals surface area contributed by atoms with Crippen LogP contribution in [0.25, 0.3) is 0 Å². The van der Waals surface area contributed by atoms with Gasteiger partial charge in [0, 0.05) is 17.9 Å². The zero-order valence-corrected chi connectivity index (χ0v) is 17.5. The van der Waals surface area contributed by atoms with Crippen LogP contribution in [0.15, 0.2) is 42.1 Å². The Bertz CT molecular complexity index is 941. The Morgan fingerprint density at radius 1 is 1.23 bits per heavy atom. The molecule has 1 saturated carbocycles. The van der Waals surface area contributed by atoms with E-state index in [1.807, 2.05) is 0 Å². The lowest BCUT2D eigenvalue weighted by atomic mass is 9.80. The summed E-state index contributed by atoms with van der Waals surface area (Å²) >= 11 is 0. The fourth-order valence-electron chi connectivity index (χ4n) is 4.08. The molecule has 30 heavy (non-hydrogen) atoms. The maximum Gasteiger partial charge on any atom is 0.207 e. The summed E-state index contributed by atoms with van der Waals surface area (Å²) in [6.45, 7) is 9.39. The lowest BCUT2D eigenvalue weighted by Gasteiger charge is -2.25. The molecule has 2 aliphatic rings. The summed E-state index contributed by atoms with van der Waals surface area (Å²) in [5, 5.41) is 0. The zero-order chi connectivity index (χ0) is 21.8. The van der Waals surface area contributed by atoms with Crippen molar-refractivity contribution in [2.45, 2.75) is 51.9 Å². The van der Waals surface area contributed by atoms with Gasteiger partial charge in [-0.25, -0.2) is 4.39 Å². The molecule has 160 valence electrons. The number of halogens is 3. The minimum atomic E-state index is -1.18. The summed E-state index contributed by atoms with van der Waals surface area (Å²) in [5.41, 5.74) is 0.666. The molecule has 0 aromatic heterocycles. The first kappa shape index (κ1) is 22.1. The molecule has 0 saturated heterocycles. The molecule has 1 aliphatic carbocycles. The molecule has 1 aliphatic heterocycles. The van der Waals surface area contributed by atoms with Crippen LogP contribution in [-0.2, 0) is 11.2 Å². The second-order valence-electron chi connectivity index (χ2n) is 7.97. The predicted octanol–water partition coefficient (Wildman–Crippen LogP) is 6.76. The number of ether oxygens (including phenoxy) is 2. The molecule has 3 rings (SSSR count). The van der Waals surface area contributed by atoms with Crippen LogP contribution in [0, 0.1) is 35.3 Å². The highest BCUT2D eigenvalue weighted by atomic mass is 19.2. The lowest BCUT2D eigenvalue weighted by Crippen LogP contribution is -2.15. The Morgan fingerprint density at radius 2 is 1.93 bits per heavy atom. The van der Waals surface area contributed by atoms with Crippen molar-refractivity contribution in [2.75, 3.05) is 7.11 Å². The third-order valence-corrected chi connectivity index (χ3v) is 5.81. The van der Waals surface area contributed by atoms with Crippen LogP contribution in [0.5, 0.6) is 5.75 Å². The van der Waals surface area contributed by atoms with Gasteiger partial charge in [0.15, 0.2) is 23.1 Å². The molecular formula is C25H27F3O2. The van der Waals surface area contributed by atoms with E-state index in [4.69, 9.17) is 9.47 Å². The van der Waals surface area contributed by atoms with Gasteiger partial charge in [-0.05, 0) is 43.2 Å². The van der Waals surface area contributed by atoms with E-state index in [1.54, 1.807) is 0 Å². The molecule has 1 heterocycles. The number of hydrogen-bond donors (Lipinski definition) is 0. The molecule has 1 aromatic carbocycles. The summed E-state index contributed by atoms with van der Waals surface area (Å²) < 4.78 is 53.8. The van der Waals surface area contributed by atoms with Gasteiger partial charge >= 0.3 is 0 Å². The summed E-state index contributed by atoms with van der Waals surface area (Å²) in [6.07, 6.45) is 6.79. The van der Waals surface area contributed by atoms with Gasteiger partial charge in [0.2, 0.25) is 11.6 Å². The predicted molar refractivity (Wildman–Crippen MR) is 111 cm³/mol. The molecule has 0 radical (unpaired) electrons. The largest absolute Gasteiger partial charge is 0.494 e. The van der Waals surface area contributed by atoms with Gasteiger partial charge in [0.25, 0.3) is 0 Å². The Kier molecular flexibility index (Phi) is 6.97. The van der Waals surface area contributed by atoms with Crippen LogP contribution in [0.3, 0.4) is 0 Å². The number of rotatable bonds is 4. The molecule has 5 heteroatoms. The standard InChI is InChI=1S/C25H27F3O2/c1-5-6-17-7-9-18(10-8-17)11-12-19-14-20-13-15(2)24(21(26)16(3)29-4)30-25(20)23(28)22(19)27/h14,17-18H,2-3,5-10,13H2,1,4H3/b24-21-. The quantitative estimate of drug-likeness (QED) is 0.399. The number of allylic oxidation sites excluding steroid dienone is 2. The van der Waals surface area contributed by atoms with Gasteiger partial charge in [-0.15, -0.1) is 0 Å². The Balaban J connectivity index is 1.84. The van der Waals surface area contributed by atoms with Gasteiger partial charge < -0.3 is 9.47 Å². The summed E-state index contributed by atoms with van der Waals surface area (Å²) in [5.74, 6) is 2.83. The average molecular weight is 416 g/mol. The fourth-order valence-corrected chi connectivity index (χ4v) is 4.08. The zero-order valence-electron chi connectivity index (χ0n) is 17.5. The van der Waals surface area contributed by atoms with Gasteiger partial charge in [-0.2, -0.15) is 8.78 Å². The van der Waals surface area contributed by atoms with Crippen molar-refractivity contribution in [3.63, 3.8) is 0 Å². The first-order valence-corrected chi connectivity index (χ1v) is 10.4. The number of hydrogen-bond acceptors (Lipinski definition) is 2. The second-order valence-corrected chi connectivity index (χ2v) is 7.97. The lowest BCUT2D eigenvalue weighted by molar-refractivity contribution is 0.272. The van der Waals surface area contributed by atoms with Gasteiger partial charge in [0.05, 0.1) is 12.7 Å². The first-order chi connectivity index (χ1) is 14.3. The van der Waals surface area contributed by atoms with E-state index >= 15 is 0 Å². The number of fused-ring (bicyclic) bond motifs is 1. The van der Waals surface area contributed by atoms with Crippen molar-refractivity contribution in [1.29, 1.82) is 0 Å². The molecule has 0 amide bonds. The highest BCUT2D eigenvalue weighted by Crippen LogP contribution is 2.39. The van der Waals surface area contributed by atoms with Crippen LogP contribution in [-0.4, -0.2) is 7.11 Å². The van der Waals surface area contributed by atoms with Crippen LogP contribution >= 0.6 is 0 Å². The van der Waals surface area contributed by atoms with Crippen molar-refractivity contribution in [1.82, 2.24) is 0 Å². The highest BCUT2D eigenvalue weighted by molar-refractivity contribution is 5.53. The van der Waals surface area contributed by atoms with E-state index in [0.29, 0.717) is 5.56 Å². The summed E-state index contributed by atoms with van der Waals surface area (Å²) in [7, 11) is 1.25. The molecule has 0 atom stereocenters. The third kappa shape index (κ3) is 4.59. The molecular weight excluding hydrogens is 389 g/mol. The van der Waals surface area contributed by atoms with E-state index in [9.17, 15) is 13.2 Å². The van der Waals surface area contributed by atoms with E-state index in [1.165, 1.54) is 26.0 Å². The average Bonchev–Trinajstić information content (AvgIpc) is 2.75. The van der Waals surface area contributed by atoms with Crippen molar-refractivity contribution >= 4 is 0 Å². The topological polar surface area (TPSA) is 18.5 Å². The monoisotopic (exact) mass is 416 g/mol.